The predicted octanol–water partition coefficient (Wildman–Crippen LogP) is 1.54. The second kappa shape index (κ2) is 7.79. The lowest BCUT2D eigenvalue weighted by Crippen LogP contribution is -2.51. The lowest BCUT2D eigenvalue weighted by molar-refractivity contribution is -0.139. The van der Waals surface area contributed by atoms with Crippen LogP contribution in [0.25, 0.3) is 0 Å². The molecular formula is C16H23NO5. The number of hydrogen-bond donors (Lipinski definition) is 2. The molecule has 2 N–H and O–H groups in total. The molecule has 1 atom stereocenters. The summed E-state index contributed by atoms with van der Waals surface area (Å²) in [6.45, 7) is 3.70. The third-order valence-corrected chi connectivity index (χ3v) is 3.23. The van der Waals surface area contributed by atoms with Gasteiger partial charge in [0.1, 0.15) is 5.75 Å². The number of nitrogens with one attached hydrogen (secondary N) is 1. The van der Waals surface area contributed by atoms with Gasteiger partial charge >= 0.3 is 5.97 Å². The van der Waals surface area contributed by atoms with Crippen LogP contribution in [0.5, 0.6) is 5.75 Å². The van der Waals surface area contributed by atoms with E-state index in [4.69, 9.17) is 14.6 Å². The van der Waals surface area contributed by atoms with Crippen molar-refractivity contribution in [3.05, 3.63) is 29.3 Å². The van der Waals surface area contributed by atoms with Crippen molar-refractivity contribution in [1.82, 2.24) is 5.32 Å². The van der Waals surface area contributed by atoms with Gasteiger partial charge in [-0.3, -0.25) is 9.59 Å². The molecule has 0 radical (unpaired) electrons. The average Bonchev–Trinajstić information content (AvgIpc) is 2.37. The third kappa shape index (κ3) is 5.37. The number of carbonyl (C=O) groups is 2. The zero-order chi connectivity index (χ0) is 16.8. The summed E-state index contributed by atoms with van der Waals surface area (Å²) in [5, 5.41) is 11.7. The summed E-state index contributed by atoms with van der Waals surface area (Å²) in [5.74, 6) is -0.634. The topological polar surface area (TPSA) is 84.9 Å². The quantitative estimate of drug-likeness (QED) is 0.761. The first kappa shape index (κ1) is 18.0. The van der Waals surface area contributed by atoms with Crippen molar-refractivity contribution < 1.29 is 24.2 Å². The minimum Gasteiger partial charge on any atom is -0.496 e. The summed E-state index contributed by atoms with van der Waals surface area (Å²) in [6, 6.07) is 5.59. The van der Waals surface area contributed by atoms with E-state index in [2.05, 4.69) is 5.32 Å². The second-order valence-electron chi connectivity index (χ2n) is 5.60. The standard InChI is InChI=1S/C16H23NO5/c1-11-5-6-13(22-4)12(7-11)8-14(18)17-16(2,10-21-3)9-15(19)20/h5-7H,8-10H2,1-4H3,(H,17,18)(H,19,20). The highest BCUT2D eigenvalue weighted by Gasteiger charge is 2.29. The van der Waals surface area contributed by atoms with Crippen molar-refractivity contribution in [3.63, 3.8) is 0 Å². The Morgan fingerprint density at radius 1 is 1.32 bits per heavy atom. The molecule has 22 heavy (non-hydrogen) atoms. The van der Waals surface area contributed by atoms with Gasteiger partial charge in [-0.1, -0.05) is 17.7 Å². The highest BCUT2D eigenvalue weighted by Crippen LogP contribution is 2.20. The monoisotopic (exact) mass is 309 g/mol. The third-order valence-electron chi connectivity index (χ3n) is 3.23. The molecule has 0 heterocycles. The summed E-state index contributed by atoms with van der Waals surface area (Å²) in [6.07, 6.45) is -0.0959. The van der Waals surface area contributed by atoms with Gasteiger partial charge in [-0.25, -0.2) is 0 Å². The van der Waals surface area contributed by atoms with Crippen LogP contribution in [0.15, 0.2) is 18.2 Å². The Balaban J connectivity index is 2.83. The number of carbonyl (C=O) groups excluding carboxylic acids is 1. The van der Waals surface area contributed by atoms with Gasteiger partial charge in [0.2, 0.25) is 5.91 Å². The zero-order valence-electron chi connectivity index (χ0n) is 13.4. The van der Waals surface area contributed by atoms with E-state index in [9.17, 15) is 9.59 Å². The number of aryl methyl sites for hydroxylation is 1. The van der Waals surface area contributed by atoms with Crippen LogP contribution in [0.2, 0.25) is 0 Å². The Bertz CT molecular complexity index is 543. The van der Waals surface area contributed by atoms with E-state index < -0.39 is 11.5 Å². The molecule has 6 nitrogen and oxygen atoms in total. The molecular weight excluding hydrogens is 286 g/mol. The van der Waals surface area contributed by atoms with E-state index in [0.717, 1.165) is 11.1 Å². The molecule has 0 aliphatic carbocycles. The van der Waals surface area contributed by atoms with Crippen LogP contribution in [0.4, 0.5) is 0 Å². The normalized spacial score (nSPS) is 13.3. The summed E-state index contributed by atoms with van der Waals surface area (Å²) in [4.78, 5) is 23.2. The Morgan fingerprint density at radius 2 is 2.00 bits per heavy atom. The number of carboxylic acids is 1. The Hall–Kier alpha value is -2.08. The van der Waals surface area contributed by atoms with E-state index in [-0.39, 0.29) is 25.4 Å². The molecule has 1 unspecified atom stereocenters. The fraction of sp³-hybridized carbons (Fsp3) is 0.500. The number of ether oxygens (including phenoxy) is 2. The molecule has 1 aromatic carbocycles. The minimum atomic E-state index is -0.993. The minimum absolute atomic E-state index is 0.115. The van der Waals surface area contributed by atoms with Crippen molar-refractivity contribution in [3.8, 4) is 5.75 Å². The first-order valence-electron chi connectivity index (χ1n) is 6.95. The number of hydrogen-bond acceptors (Lipinski definition) is 4. The highest BCUT2D eigenvalue weighted by atomic mass is 16.5. The van der Waals surface area contributed by atoms with Crippen LogP contribution in [0.3, 0.4) is 0 Å². The molecule has 0 fully saturated rings. The average molecular weight is 309 g/mol. The lowest BCUT2D eigenvalue weighted by atomic mass is 9.98. The van der Waals surface area contributed by atoms with Crippen molar-refractivity contribution in [1.29, 1.82) is 0 Å². The van der Waals surface area contributed by atoms with Crippen LogP contribution >= 0.6 is 0 Å². The molecule has 1 rings (SSSR count). The van der Waals surface area contributed by atoms with Gasteiger partial charge in [0.15, 0.2) is 0 Å². The summed E-state index contributed by atoms with van der Waals surface area (Å²) < 4.78 is 10.3. The van der Waals surface area contributed by atoms with Crippen LogP contribution < -0.4 is 10.1 Å². The smallest absolute Gasteiger partial charge is 0.305 e. The molecule has 0 bridgehead atoms. The van der Waals surface area contributed by atoms with Gasteiger partial charge in [-0.15, -0.1) is 0 Å². The number of carboxylic acid groups (broad SMARTS) is 1. The van der Waals surface area contributed by atoms with Gasteiger partial charge in [-0.05, 0) is 19.9 Å². The Labute approximate surface area is 130 Å². The number of amides is 1. The molecule has 0 aliphatic heterocycles. The maximum absolute atomic E-state index is 12.2. The second-order valence-corrected chi connectivity index (χ2v) is 5.60. The number of benzene rings is 1. The van der Waals surface area contributed by atoms with Gasteiger partial charge in [0.05, 0.1) is 32.1 Å². The summed E-state index contributed by atoms with van der Waals surface area (Å²) in [5.41, 5.74) is 0.832. The van der Waals surface area contributed by atoms with Crippen molar-refractivity contribution in [2.75, 3.05) is 20.8 Å². The molecule has 0 spiro atoms. The SMILES string of the molecule is COCC(C)(CC(=O)O)NC(=O)Cc1cc(C)ccc1OC. The predicted molar refractivity (Wildman–Crippen MR) is 82.1 cm³/mol. The number of aliphatic carboxylic acids is 1. The van der Waals surface area contributed by atoms with E-state index in [0.29, 0.717) is 5.75 Å². The Kier molecular flexibility index (Phi) is 6.37. The summed E-state index contributed by atoms with van der Waals surface area (Å²) >= 11 is 0. The van der Waals surface area contributed by atoms with Crippen LogP contribution in [0.1, 0.15) is 24.5 Å². The van der Waals surface area contributed by atoms with Gasteiger partial charge < -0.3 is 19.9 Å². The number of rotatable bonds is 8. The molecule has 6 heteroatoms. The first-order valence-corrected chi connectivity index (χ1v) is 6.95. The molecule has 1 aromatic rings. The van der Waals surface area contributed by atoms with Crippen LogP contribution in [0, 0.1) is 6.92 Å². The van der Waals surface area contributed by atoms with E-state index >= 15 is 0 Å². The maximum Gasteiger partial charge on any atom is 0.305 e. The largest absolute Gasteiger partial charge is 0.496 e. The van der Waals surface area contributed by atoms with Crippen LogP contribution in [-0.4, -0.2) is 43.3 Å². The maximum atomic E-state index is 12.2. The van der Waals surface area contributed by atoms with E-state index in [1.54, 1.807) is 14.0 Å². The molecule has 122 valence electrons. The van der Waals surface area contributed by atoms with E-state index in [1.807, 2.05) is 25.1 Å². The van der Waals surface area contributed by atoms with Crippen molar-refractivity contribution in [2.45, 2.75) is 32.2 Å². The number of methoxy groups -OCH3 is 2. The summed E-state index contributed by atoms with van der Waals surface area (Å²) in [7, 11) is 3.02. The fourth-order valence-corrected chi connectivity index (χ4v) is 2.38. The molecule has 0 saturated carbocycles. The van der Waals surface area contributed by atoms with Gasteiger partial charge in [0, 0.05) is 12.7 Å². The fourth-order valence-electron chi connectivity index (χ4n) is 2.38. The lowest BCUT2D eigenvalue weighted by Gasteiger charge is -2.28. The molecule has 0 aliphatic rings. The zero-order valence-corrected chi connectivity index (χ0v) is 13.4. The molecule has 0 aromatic heterocycles. The van der Waals surface area contributed by atoms with Crippen LogP contribution in [-0.2, 0) is 20.7 Å². The first-order chi connectivity index (χ1) is 10.3. The highest BCUT2D eigenvalue weighted by molar-refractivity contribution is 5.81. The van der Waals surface area contributed by atoms with Crippen molar-refractivity contribution in [2.24, 2.45) is 0 Å². The molecule has 0 saturated heterocycles. The van der Waals surface area contributed by atoms with Gasteiger partial charge in [0.25, 0.3) is 0 Å². The Morgan fingerprint density at radius 3 is 2.55 bits per heavy atom. The van der Waals surface area contributed by atoms with Gasteiger partial charge in [-0.2, -0.15) is 0 Å². The van der Waals surface area contributed by atoms with Crippen molar-refractivity contribution >= 4 is 11.9 Å². The molecule has 1 amide bonds. The van der Waals surface area contributed by atoms with E-state index in [1.165, 1.54) is 7.11 Å².